The molecule has 0 spiro atoms. The first-order chi connectivity index (χ1) is 19.8. The van der Waals surface area contributed by atoms with Crippen LogP contribution in [0.3, 0.4) is 0 Å². The number of pyridine rings is 1. The van der Waals surface area contributed by atoms with Crippen LogP contribution >= 0.6 is 12.2 Å². The average Bonchev–Trinajstić information content (AvgIpc) is 3.46. The second kappa shape index (κ2) is 12.3. The van der Waals surface area contributed by atoms with Crippen LogP contribution in [0.1, 0.15) is 71.7 Å². The zero-order chi connectivity index (χ0) is 29.1. The highest BCUT2D eigenvalue weighted by atomic mass is 32.1. The van der Waals surface area contributed by atoms with Crippen molar-refractivity contribution in [1.82, 2.24) is 19.8 Å². The zero-order valence-corrected chi connectivity index (χ0v) is 25.4. The van der Waals surface area contributed by atoms with E-state index in [1.165, 1.54) is 33.8 Å². The van der Waals surface area contributed by atoms with E-state index in [1.807, 2.05) is 42.6 Å². The molecule has 5 rings (SSSR count). The first-order valence-electron chi connectivity index (χ1n) is 14.5. The molecule has 1 amide bonds. The molecule has 2 N–H and O–H groups in total. The molecule has 0 saturated carbocycles. The minimum Gasteiger partial charge on any atom is -0.352 e. The number of nitrogens with zero attached hydrogens (tertiary/aromatic N) is 3. The number of rotatable bonds is 9. The van der Waals surface area contributed by atoms with Gasteiger partial charge in [0, 0.05) is 36.2 Å². The van der Waals surface area contributed by atoms with Crippen molar-refractivity contribution in [2.24, 2.45) is 0 Å². The lowest BCUT2D eigenvalue weighted by molar-refractivity contribution is -0.116. The molecule has 7 heteroatoms. The Bertz CT molecular complexity index is 1560. The third kappa shape index (κ3) is 5.64. The van der Waals surface area contributed by atoms with Crippen molar-refractivity contribution in [1.29, 1.82) is 0 Å². The zero-order valence-electron chi connectivity index (χ0n) is 24.6. The van der Waals surface area contributed by atoms with Crippen molar-refractivity contribution in [2.45, 2.75) is 66.0 Å². The number of para-hydroxylation sites is 2. The minimum absolute atomic E-state index is 0.0216. The maximum absolute atomic E-state index is 13.1. The summed E-state index contributed by atoms with van der Waals surface area (Å²) in [7, 11) is 0. The number of carbonyl (C=O) groups excluding carboxylic acids is 1. The van der Waals surface area contributed by atoms with E-state index in [-0.39, 0.29) is 18.0 Å². The van der Waals surface area contributed by atoms with Crippen LogP contribution in [0, 0.1) is 20.8 Å². The predicted octanol–water partition coefficient (Wildman–Crippen LogP) is 6.92. The normalized spacial score (nSPS) is 16.6. The summed E-state index contributed by atoms with van der Waals surface area (Å²) in [5, 5.41) is 7.30. The number of hydrogen-bond acceptors (Lipinski definition) is 3. The molecule has 2 atom stereocenters. The van der Waals surface area contributed by atoms with E-state index in [2.05, 4.69) is 85.1 Å². The van der Waals surface area contributed by atoms with Crippen molar-refractivity contribution in [3.63, 3.8) is 0 Å². The Kier molecular flexibility index (Phi) is 8.54. The van der Waals surface area contributed by atoms with E-state index in [9.17, 15) is 4.79 Å². The molecule has 0 unspecified atom stereocenters. The van der Waals surface area contributed by atoms with Crippen molar-refractivity contribution in [2.75, 3.05) is 11.9 Å². The van der Waals surface area contributed by atoms with Crippen LogP contribution in [0.15, 0.2) is 72.9 Å². The fourth-order valence-electron chi connectivity index (χ4n) is 6.13. The number of aromatic nitrogens is 2. The molecule has 1 aliphatic rings. The van der Waals surface area contributed by atoms with Crippen LogP contribution in [0.25, 0.3) is 5.69 Å². The number of amides is 1. The molecule has 212 valence electrons. The van der Waals surface area contributed by atoms with E-state index in [0.29, 0.717) is 18.1 Å². The van der Waals surface area contributed by atoms with Gasteiger partial charge in [0.2, 0.25) is 5.91 Å². The summed E-state index contributed by atoms with van der Waals surface area (Å²) in [4.78, 5) is 20.0. The number of thiocarbonyl (C=S) groups is 1. The van der Waals surface area contributed by atoms with Gasteiger partial charge in [0.1, 0.15) is 0 Å². The standard InChI is InChI=1S/C34H39N5OS/c1-6-25-14-8-9-16-28(25)36-30(40)18-20-38-33(31(37-34(38)41)29-17-10-11-19-35-29)27-21-23(4)39(24(27)5)32-22(3)13-12-15-26(32)7-2/h8-17,19,21,31,33H,6-7,18,20H2,1-5H3,(H,36,40)(H,37,41)/t31-,33-/m0/s1. The Morgan fingerprint density at radius 1 is 0.976 bits per heavy atom. The van der Waals surface area contributed by atoms with E-state index in [0.717, 1.165) is 29.8 Å². The number of hydrogen-bond donors (Lipinski definition) is 2. The summed E-state index contributed by atoms with van der Waals surface area (Å²) in [6, 6.07) is 22.5. The highest BCUT2D eigenvalue weighted by Crippen LogP contribution is 2.42. The third-order valence-corrected chi connectivity index (χ3v) is 8.52. The summed E-state index contributed by atoms with van der Waals surface area (Å²) >= 11 is 5.90. The second-order valence-corrected chi connectivity index (χ2v) is 11.1. The van der Waals surface area contributed by atoms with Crippen molar-refractivity contribution in [3.8, 4) is 5.69 Å². The molecular formula is C34H39N5OS. The fraction of sp³-hybridized carbons (Fsp3) is 0.324. The summed E-state index contributed by atoms with van der Waals surface area (Å²) in [5.41, 5.74) is 10.3. The van der Waals surface area contributed by atoms with Gasteiger partial charge in [-0.3, -0.25) is 9.78 Å². The first kappa shape index (κ1) is 28.6. The number of nitrogens with one attached hydrogen (secondary N) is 2. The van der Waals surface area contributed by atoms with Gasteiger partial charge in [-0.05, 0) is 92.4 Å². The summed E-state index contributed by atoms with van der Waals surface area (Å²) in [6.45, 7) is 11.3. The molecule has 0 radical (unpaired) electrons. The van der Waals surface area contributed by atoms with Crippen LogP contribution in [-0.2, 0) is 17.6 Å². The van der Waals surface area contributed by atoms with Crippen LogP contribution in [0.4, 0.5) is 5.69 Å². The Labute approximate surface area is 248 Å². The lowest BCUT2D eigenvalue weighted by Gasteiger charge is -2.28. The molecular weight excluding hydrogens is 526 g/mol. The van der Waals surface area contributed by atoms with Crippen molar-refractivity contribution >= 4 is 28.9 Å². The van der Waals surface area contributed by atoms with Gasteiger partial charge >= 0.3 is 0 Å². The summed E-state index contributed by atoms with van der Waals surface area (Å²) in [5.74, 6) is -0.0216. The molecule has 2 aromatic heterocycles. The maximum atomic E-state index is 13.1. The Balaban J connectivity index is 1.50. The largest absolute Gasteiger partial charge is 0.352 e. The fourth-order valence-corrected chi connectivity index (χ4v) is 6.46. The molecule has 1 aliphatic heterocycles. The van der Waals surface area contributed by atoms with Gasteiger partial charge < -0.3 is 20.1 Å². The average molecular weight is 566 g/mol. The second-order valence-electron chi connectivity index (χ2n) is 10.7. The third-order valence-electron chi connectivity index (χ3n) is 8.16. The van der Waals surface area contributed by atoms with Gasteiger partial charge in [-0.25, -0.2) is 0 Å². The van der Waals surface area contributed by atoms with E-state index < -0.39 is 0 Å². The molecule has 2 aromatic carbocycles. The minimum atomic E-state index is -0.135. The summed E-state index contributed by atoms with van der Waals surface area (Å²) < 4.78 is 2.38. The van der Waals surface area contributed by atoms with Gasteiger partial charge in [-0.2, -0.15) is 0 Å². The quantitative estimate of drug-likeness (QED) is 0.216. The molecule has 6 nitrogen and oxygen atoms in total. The molecule has 41 heavy (non-hydrogen) atoms. The van der Waals surface area contributed by atoms with E-state index >= 15 is 0 Å². The lowest BCUT2D eigenvalue weighted by atomic mass is 9.96. The lowest BCUT2D eigenvalue weighted by Crippen LogP contribution is -2.33. The molecule has 0 bridgehead atoms. The predicted molar refractivity (Wildman–Crippen MR) is 171 cm³/mol. The van der Waals surface area contributed by atoms with Gasteiger partial charge in [0.25, 0.3) is 0 Å². The topological polar surface area (TPSA) is 62.2 Å². The molecule has 0 aliphatic carbocycles. The van der Waals surface area contributed by atoms with Crippen molar-refractivity contribution < 1.29 is 4.79 Å². The highest BCUT2D eigenvalue weighted by Gasteiger charge is 2.41. The van der Waals surface area contributed by atoms with Gasteiger partial charge in [0.05, 0.1) is 23.5 Å². The Hall–Kier alpha value is -3.97. The van der Waals surface area contributed by atoms with Crippen LogP contribution in [0.5, 0.6) is 0 Å². The Morgan fingerprint density at radius 3 is 2.44 bits per heavy atom. The SMILES string of the molecule is CCc1ccccc1NC(=O)CCN1C(=S)N[C@@H](c2ccccn2)[C@@H]1c1cc(C)n(-c2c(C)cccc2CC)c1C. The molecule has 1 fully saturated rings. The van der Waals surface area contributed by atoms with Gasteiger partial charge in [0.15, 0.2) is 5.11 Å². The van der Waals surface area contributed by atoms with Crippen molar-refractivity contribution in [3.05, 3.63) is 112 Å². The molecule has 3 heterocycles. The smallest absolute Gasteiger partial charge is 0.226 e. The van der Waals surface area contributed by atoms with Crippen LogP contribution < -0.4 is 10.6 Å². The highest BCUT2D eigenvalue weighted by molar-refractivity contribution is 7.80. The summed E-state index contributed by atoms with van der Waals surface area (Å²) in [6.07, 6.45) is 3.96. The van der Waals surface area contributed by atoms with Crippen LogP contribution in [0.2, 0.25) is 0 Å². The maximum Gasteiger partial charge on any atom is 0.226 e. The van der Waals surface area contributed by atoms with Crippen LogP contribution in [-0.4, -0.2) is 32.0 Å². The molecule has 4 aromatic rings. The van der Waals surface area contributed by atoms with E-state index in [1.54, 1.807) is 0 Å². The monoisotopic (exact) mass is 565 g/mol. The number of benzene rings is 2. The van der Waals surface area contributed by atoms with Gasteiger partial charge in [-0.1, -0.05) is 56.3 Å². The number of anilines is 1. The number of carbonyl (C=O) groups is 1. The van der Waals surface area contributed by atoms with Gasteiger partial charge in [-0.15, -0.1) is 0 Å². The van der Waals surface area contributed by atoms with E-state index in [4.69, 9.17) is 17.2 Å². The first-order valence-corrected chi connectivity index (χ1v) is 14.9. The Morgan fingerprint density at radius 2 is 1.71 bits per heavy atom. The molecule has 1 saturated heterocycles. The number of aryl methyl sites for hydroxylation is 4.